The Morgan fingerprint density at radius 1 is 1.12 bits per heavy atom. The van der Waals surface area contributed by atoms with Crippen molar-refractivity contribution in [1.29, 1.82) is 0 Å². The monoisotopic (exact) mass is 354 g/mol. The van der Waals surface area contributed by atoms with E-state index in [4.69, 9.17) is 4.74 Å². The number of hydrogen-bond donors (Lipinski definition) is 1. The molecule has 5 heteroatoms. The topological polar surface area (TPSA) is 47.3 Å². The fourth-order valence-corrected chi connectivity index (χ4v) is 3.67. The van der Waals surface area contributed by atoms with Crippen molar-refractivity contribution in [3.05, 3.63) is 77.1 Å². The fraction of sp³-hybridized carbons (Fsp3) is 0.250. The molecule has 0 aliphatic heterocycles. The van der Waals surface area contributed by atoms with Gasteiger partial charge in [-0.25, -0.2) is 4.98 Å². The Kier molecular flexibility index (Phi) is 5.79. The van der Waals surface area contributed by atoms with Crippen molar-refractivity contribution in [3.8, 4) is 5.75 Å². The average molecular weight is 354 g/mol. The molecule has 0 saturated carbocycles. The van der Waals surface area contributed by atoms with Crippen LogP contribution in [0.1, 0.15) is 22.4 Å². The number of thioether (sulfide) groups is 1. The van der Waals surface area contributed by atoms with E-state index < -0.39 is 0 Å². The molecule has 0 fully saturated rings. The molecule has 0 bridgehead atoms. The Labute approximate surface area is 152 Å². The van der Waals surface area contributed by atoms with Gasteiger partial charge in [0.15, 0.2) is 5.16 Å². The molecule has 0 aliphatic carbocycles. The normalized spacial score (nSPS) is 10.8. The molecule has 4 nitrogen and oxygen atoms in total. The van der Waals surface area contributed by atoms with E-state index in [2.05, 4.69) is 40.7 Å². The molecule has 1 aromatic heterocycles. The van der Waals surface area contributed by atoms with Crippen molar-refractivity contribution in [2.24, 2.45) is 0 Å². The number of aryl methyl sites for hydroxylation is 1. The van der Waals surface area contributed by atoms with Gasteiger partial charge in [-0.15, -0.1) is 0 Å². The van der Waals surface area contributed by atoms with Gasteiger partial charge in [0.2, 0.25) is 0 Å². The summed E-state index contributed by atoms with van der Waals surface area (Å²) in [5, 5.41) is 10.4. The lowest BCUT2D eigenvalue weighted by atomic mass is 10.1. The van der Waals surface area contributed by atoms with E-state index in [1.807, 2.05) is 30.5 Å². The summed E-state index contributed by atoms with van der Waals surface area (Å²) in [6.45, 7) is 2.79. The lowest BCUT2D eigenvalue weighted by Crippen LogP contribution is -2.00. The van der Waals surface area contributed by atoms with E-state index in [1.165, 1.54) is 16.7 Å². The van der Waals surface area contributed by atoms with E-state index in [0.717, 1.165) is 16.7 Å². The highest BCUT2D eigenvalue weighted by Crippen LogP contribution is 2.25. The van der Waals surface area contributed by atoms with E-state index in [9.17, 15) is 5.11 Å². The van der Waals surface area contributed by atoms with E-state index in [0.29, 0.717) is 12.2 Å². The van der Waals surface area contributed by atoms with E-state index >= 15 is 0 Å². The number of aromatic nitrogens is 2. The predicted molar refractivity (Wildman–Crippen MR) is 101 cm³/mol. The van der Waals surface area contributed by atoms with Crippen LogP contribution in [0.2, 0.25) is 0 Å². The highest BCUT2D eigenvalue weighted by atomic mass is 32.2. The number of imidazole rings is 1. The lowest BCUT2D eigenvalue weighted by Gasteiger charge is -2.09. The van der Waals surface area contributed by atoms with Crippen LogP contribution in [-0.2, 0) is 18.9 Å². The number of rotatable bonds is 7. The van der Waals surface area contributed by atoms with Gasteiger partial charge in [-0.1, -0.05) is 48.2 Å². The summed E-state index contributed by atoms with van der Waals surface area (Å²) in [6, 6.07) is 16.4. The highest BCUT2D eigenvalue weighted by molar-refractivity contribution is 7.98. The predicted octanol–water partition coefficient (Wildman–Crippen LogP) is 4.03. The Bertz CT molecular complexity index is 828. The Morgan fingerprint density at radius 3 is 2.56 bits per heavy atom. The van der Waals surface area contributed by atoms with Gasteiger partial charge in [0.1, 0.15) is 5.75 Å². The summed E-state index contributed by atoms with van der Waals surface area (Å²) >= 11 is 1.69. The molecule has 0 amide bonds. The standard InChI is InChI=1S/C20H22N2O2S/c1-15-5-3-4-6-17(15)14-25-20-21-18(13-23)12-22(20)11-16-7-9-19(24-2)10-8-16/h3-10,12,23H,11,13-14H2,1-2H3. The highest BCUT2D eigenvalue weighted by Gasteiger charge is 2.10. The Hall–Kier alpha value is -2.24. The largest absolute Gasteiger partial charge is 0.497 e. The van der Waals surface area contributed by atoms with Crippen molar-refractivity contribution in [2.45, 2.75) is 31.0 Å². The van der Waals surface area contributed by atoms with Crippen molar-refractivity contribution < 1.29 is 9.84 Å². The van der Waals surface area contributed by atoms with Gasteiger partial charge in [0, 0.05) is 18.5 Å². The molecule has 1 N–H and O–H groups in total. The van der Waals surface area contributed by atoms with Crippen LogP contribution in [0.5, 0.6) is 5.75 Å². The molecule has 3 rings (SSSR count). The molecule has 0 atom stereocenters. The molecule has 3 aromatic rings. The fourth-order valence-electron chi connectivity index (χ4n) is 2.60. The molecule has 0 aliphatic rings. The van der Waals surface area contributed by atoms with E-state index in [1.54, 1.807) is 18.9 Å². The maximum atomic E-state index is 9.44. The van der Waals surface area contributed by atoms with Crippen LogP contribution >= 0.6 is 11.8 Å². The molecular formula is C20H22N2O2S. The Morgan fingerprint density at radius 2 is 1.88 bits per heavy atom. The first-order chi connectivity index (χ1) is 12.2. The second kappa shape index (κ2) is 8.23. The van der Waals surface area contributed by atoms with Gasteiger partial charge in [-0.3, -0.25) is 0 Å². The third-order valence-corrected chi connectivity index (χ3v) is 5.12. The number of hydrogen-bond acceptors (Lipinski definition) is 4. The number of methoxy groups -OCH3 is 1. The van der Waals surface area contributed by atoms with Gasteiger partial charge < -0.3 is 14.4 Å². The summed E-state index contributed by atoms with van der Waals surface area (Å²) in [4.78, 5) is 4.55. The minimum Gasteiger partial charge on any atom is -0.497 e. The van der Waals surface area contributed by atoms with E-state index in [-0.39, 0.29) is 6.61 Å². The zero-order chi connectivity index (χ0) is 17.6. The molecular weight excluding hydrogens is 332 g/mol. The third-order valence-electron chi connectivity index (χ3n) is 4.08. The number of benzene rings is 2. The van der Waals surface area contributed by atoms with Gasteiger partial charge in [0.25, 0.3) is 0 Å². The van der Waals surface area contributed by atoms with Crippen molar-refractivity contribution in [3.63, 3.8) is 0 Å². The van der Waals surface area contributed by atoms with Gasteiger partial charge in [0.05, 0.1) is 19.4 Å². The molecule has 0 spiro atoms. The first-order valence-electron chi connectivity index (χ1n) is 8.16. The second-order valence-electron chi connectivity index (χ2n) is 5.86. The maximum Gasteiger partial charge on any atom is 0.168 e. The van der Waals surface area contributed by atoms with Crippen LogP contribution in [0.4, 0.5) is 0 Å². The van der Waals surface area contributed by atoms with Gasteiger partial charge in [-0.2, -0.15) is 0 Å². The second-order valence-corrected chi connectivity index (χ2v) is 6.81. The van der Waals surface area contributed by atoms with Crippen LogP contribution < -0.4 is 4.74 Å². The third kappa shape index (κ3) is 4.44. The number of aliphatic hydroxyl groups is 1. The quantitative estimate of drug-likeness (QED) is 0.651. The van der Waals surface area contributed by atoms with Gasteiger partial charge in [-0.05, 0) is 35.7 Å². The van der Waals surface area contributed by atoms with Crippen LogP contribution in [0.15, 0.2) is 59.9 Å². The smallest absolute Gasteiger partial charge is 0.168 e. The minimum atomic E-state index is -0.0481. The van der Waals surface area contributed by atoms with Crippen molar-refractivity contribution in [2.75, 3.05) is 7.11 Å². The zero-order valence-corrected chi connectivity index (χ0v) is 15.3. The number of nitrogens with zero attached hydrogens (tertiary/aromatic N) is 2. The SMILES string of the molecule is COc1ccc(Cn2cc(CO)nc2SCc2ccccc2C)cc1. The zero-order valence-electron chi connectivity index (χ0n) is 14.5. The summed E-state index contributed by atoms with van der Waals surface area (Å²) in [5.74, 6) is 1.71. The molecule has 0 radical (unpaired) electrons. The first-order valence-corrected chi connectivity index (χ1v) is 9.15. The number of aliphatic hydroxyl groups excluding tert-OH is 1. The summed E-state index contributed by atoms with van der Waals surface area (Å²) in [7, 11) is 1.67. The van der Waals surface area contributed by atoms with Crippen LogP contribution in [0, 0.1) is 6.92 Å². The lowest BCUT2D eigenvalue weighted by molar-refractivity contribution is 0.277. The maximum absolute atomic E-state index is 9.44. The molecule has 25 heavy (non-hydrogen) atoms. The summed E-state index contributed by atoms with van der Waals surface area (Å²) in [5.41, 5.74) is 4.45. The summed E-state index contributed by atoms with van der Waals surface area (Å²) < 4.78 is 7.30. The molecule has 0 saturated heterocycles. The Balaban J connectivity index is 1.76. The van der Waals surface area contributed by atoms with Crippen molar-refractivity contribution in [1.82, 2.24) is 9.55 Å². The molecule has 2 aromatic carbocycles. The summed E-state index contributed by atoms with van der Waals surface area (Å²) in [6.07, 6.45) is 1.92. The van der Waals surface area contributed by atoms with Crippen molar-refractivity contribution >= 4 is 11.8 Å². The molecule has 130 valence electrons. The average Bonchev–Trinajstić information content (AvgIpc) is 3.03. The molecule has 1 heterocycles. The van der Waals surface area contributed by atoms with Crippen LogP contribution in [0.25, 0.3) is 0 Å². The minimum absolute atomic E-state index is 0.0481. The number of ether oxygens (including phenoxy) is 1. The van der Waals surface area contributed by atoms with Gasteiger partial charge >= 0.3 is 0 Å². The van der Waals surface area contributed by atoms with Crippen LogP contribution in [-0.4, -0.2) is 21.8 Å². The van der Waals surface area contributed by atoms with Crippen LogP contribution in [0.3, 0.4) is 0 Å². The first kappa shape index (κ1) is 17.6. The molecule has 0 unspecified atom stereocenters.